The largest absolute Gasteiger partial charge is 0.324 e. The Hall–Kier alpha value is -12.3. The van der Waals surface area contributed by atoms with Crippen LogP contribution >= 0.6 is 0 Å². The molecule has 6 aromatic heterocycles. The first-order valence-electron chi connectivity index (χ1n) is 33.4. The molecule has 508 valence electrons. The maximum atomic E-state index is 12.9. The van der Waals surface area contributed by atoms with Gasteiger partial charge in [-0.3, -0.25) is 34.2 Å². The molecule has 0 atom stereocenters. The number of likely N-dealkylation sites (N-methyl/N-ethyl adjacent to an activating group) is 1. The highest BCUT2D eigenvalue weighted by molar-refractivity contribution is 6.06. The molecule has 7 heterocycles. The number of nitrogens with zero attached hydrogens (tertiary/aromatic N) is 11. The molecule has 100 heavy (non-hydrogen) atoms. The summed E-state index contributed by atoms with van der Waals surface area (Å²) in [5.41, 5.74) is 14.9. The average Bonchev–Trinajstić information content (AvgIpc) is 0.855. The molecule has 0 radical (unpaired) electrons. The maximum Gasteiger partial charge on any atom is 0.255 e. The normalized spacial score (nSPS) is 11.4. The zero-order valence-corrected chi connectivity index (χ0v) is 57.9. The van der Waals surface area contributed by atoms with Gasteiger partial charge in [-0.2, -0.15) is 0 Å². The smallest absolute Gasteiger partial charge is 0.255 e. The van der Waals surface area contributed by atoms with Crippen LogP contribution in [-0.2, 0) is 6.54 Å². The predicted molar refractivity (Wildman–Crippen MR) is 404 cm³/mol. The van der Waals surface area contributed by atoms with Gasteiger partial charge in [-0.1, -0.05) is 108 Å². The summed E-state index contributed by atoms with van der Waals surface area (Å²) >= 11 is 0. The standard InChI is InChI=1S/C29H31N7O.C23H19N5O.C22H17N5O.3C2H6/c1-21-3-8-25(19-27(21)34-29-31-14-11-26(33-29)23-9-12-30-13-10-23)32-28(37)24-6-4-22(5-7-24)20-36-17-15-35(2)16-18-36;1-16-7-8-19(26-22(29)18-5-3-2-4-6-18)15-21(16)28-23-25-14-11-20(27-23)17-9-12-24-13-10-17;28-21(17-5-2-1-3-6-17)25-18-7-4-8-19(15-18)26-22-24-14-11-20(27-22)16-9-12-23-13-10-16;3*1-2/h3-14,19H,15-18,20H2,1-2H3,(H,32,37)(H,31,33,34);2-15H,1H3,(H,26,29)(H,25,27,28);1-15H,(H,25,28)(H,24,26,27);3*1-2H3. The van der Waals surface area contributed by atoms with Crippen molar-refractivity contribution in [2.75, 3.05) is 65.1 Å². The molecule has 0 aliphatic carbocycles. The van der Waals surface area contributed by atoms with E-state index in [1.54, 1.807) is 80.0 Å². The van der Waals surface area contributed by atoms with Gasteiger partial charge in [0, 0.05) is 156 Å². The van der Waals surface area contributed by atoms with E-state index < -0.39 is 0 Å². The Balaban J connectivity index is 0.000000186. The molecule has 6 aromatic carbocycles. The second-order valence-corrected chi connectivity index (χ2v) is 21.9. The molecule has 1 aliphatic heterocycles. The molecule has 20 heteroatoms. The highest BCUT2D eigenvalue weighted by Crippen LogP contribution is 2.28. The van der Waals surface area contributed by atoms with Crippen molar-refractivity contribution in [3.63, 3.8) is 0 Å². The Morgan fingerprint density at radius 3 is 1.12 bits per heavy atom. The van der Waals surface area contributed by atoms with Gasteiger partial charge in [0.15, 0.2) is 0 Å². The lowest BCUT2D eigenvalue weighted by atomic mass is 10.1. The third-order valence-corrected chi connectivity index (χ3v) is 15.0. The van der Waals surface area contributed by atoms with Crippen LogP contribution in [0.1, 0.15) is 89.3 Å². The van der Waals surface area contributed by atoms with Crippen molar-refractivity contribution in [3.05, 3.63) is 289 Å². The minimum atomic E-state index is -0.159. The number of hydrogen-bond acceptors (Lipinski definition) is 17. The van der Waals surface area contributed by atoms with Crippen LogP contribution in [0.4, 0.5) is 52.0 Å². The zero-order chi connectivity index (χ0) is 70.9. The van der Waals surface area contributed by atoms with Crippen molar-refractivity contribution in [1.82, 2.24) is 54.7 Å². The van der Waals surface area contributed by atoms with Crippen molar-refractivity contribution in [1.29, 1.82) is 0 Å². The quantitative estimate of drug-likeness (QED) is 0.0496. The molecule has 0 spiro atoms. The maximum absolute atomic E-state index is 12.9. The van der Waals surface area contributed by atoms with E-state index in [9.17, 15) is 14.4 Å². The van der Waals surface area contributed by atoms with Crippen molar-refractivity contribution in [2.24, 2.45) is 0 Å². The summed E-state index contributed by atoms with van der Waals surface area (Å²) in [7, 11) is 2.16. The number of nitrogens with one attached hydrogen (secondary N) is 6. The van der Waals surface area contributed by atoms with Crippen LogP contribution in [0.2, 0.25) is 0 Å². The number of pyridine rings is 3. The summed E-state index contributed by atoms with van der Waals surface area (Å²) in [6.07, 6.45) is 15.5. The van der Waals surface area contributed by atoms with Gasteiger partial charge >= 0.3 is 0 Å². The van der Waals surface area contributed by atoms with Crippen LogP contribution in [0.25, 0.3) is 33.8 Å². The molecule has 6 N–H and O–H groups in total. The van der Waals surface area contributed by atoms with Gasteiger partial charge in [0.2, 0.25) is 17.8 Å². The molecule has 0 saturated carbocycles. The molecular weight excluding hydrogens is 1250 g/mol. The SMILES string of the molecule is CC.CC.CC.Cc1ccc(NC(=O)c2ccc(CN3CCN(C)CC3)cc2)cc1Nc1nccc(-c2ccncc2)n1.Cc1ccc(NC(=O)c2ccccc2)cc1Nc1nccc(-c2ccncc2)n1.O=C(Nc1cccc(Nc2nccc(-c3ccncc3)n2)c1)c1ccccc1. The van der Waals surface area contributed by atoms with Gasteiger partial charge in [0.05, 0.1) is 17.1 Å². The average molecular weight is 1330 g/mol. The summed E-state index contributed by atoms with van der Waals surface area (Å²) in [4.78, 5) is 81.3. The van der Waals surface area contributed by atoms with E-state index >= 15 is 0 Å². The van der Waals surface area contributed by atoms with Crippen LogP contribution < -0.4 is 31.9 Å². The van der Waals surface area contributed by atoms with E-state index in [-0.39, 0.29) is 17.7 Å². The minimum absolute atomic E-state index is 0.142. The van der Waals surface area contributed by atoms with E-state index in [2.05, 4.69) is 93.6 Å². The van der Waals surface area contributed by atoms with Crippen LogP contribution in [0, 0.1) is 13.8 Å². The van der Waals surface area contributed by atoms with Gasteiger partial charge in [0.1, 0.15) is 0 Å². The number of hydrogen-bond donors (Lipinski definition) is 6. The number of carbonyl (C=O) groups is 3. The third kappa shape index (κ3) is 22.4. The molecule has 0 unspecified atom stereocenters. The Bertz CT molecular complexity index is 4470. The van der Waals surface area contributed by atoms with E-state index in [1.165, 1.54) is 5.56 Å². The molecule has 1 aliphatic rings. The number of aromatic nitrogens is 9. The highest BCUT2D eigenvalue weighted by atomic mass is 16.2. The molecule has 0 bridgehead atoms. The summed E-state index contributed by atoms with van der Waals surface area (Å²) in [6.45, 7) is 21.2. The Kier molecular flexibility index (Phi) is 28.7. The second kappa shape index (κ2) is 39.1. The molecule has 3 amide bonds. The van der Waals surface area contributed by atoms with Crippen molar-refractivity contribution >= 4 is 69.7 Å². The van der Waals surface area contributed by atoms with Crippen LogP contribution in [0.5, 0.6) is 0 Å². The van der Waals surface area contributed by atoms with Crippen molar-refractivity contribution in [2.45, 2.75) is 61.9 Å². The van der Waals surface area contributed by atoms with E-state index in [1.807, 2.05) is 231 Å². The fourth-order valence-electron chi connectivity index (χ4n) is 9.84. The zero-order valence-electron chi connectivity index (χ0n) is 57.9. The van der Waals surface area contributed by atoms with Crippen molar-refractivity contribution in [3.8, 4) is 33.8 Å². The lowest BCUT2D eigenvalue weighted by Gasteiger charge is -2.32. The Morgan fingerprint density at radius 2 is 0.720 bits per heavy atom. The lowest BCUT2D eigenvalue weighted by molar-refractivity contribution is 0.101. The molecule has 1 fully saturated rings. The summed E-state index contributed by atoms with van der Waals surface area (Å²) in [5.74, 6) is 0.980. The van der Waals surface area contributed by atoms with Crippen molar-refractivity contribution < 1.29 is 14.4 Å². The summed E-state index contributed by atoms with van der Waals surface area (Å²) in [6, 6.07) is 61.9. The molecular formula is C80H85N17O3. The minimum Gasteiger partial charge on any atom is -0.324 e. The molecule has 1 saturated heterocycles. The number of piperazine rings is 1. The van der Waals surface area contributed by atoms with E-state index in [4.69, 9.17) is 0 Å². The second-order valence-electron chi connectivity index (χ2n) is 21.9. The molecule has 12 aromatic rings. The van der Waals surface area contributed by atoms with Gasteiger partial charge in [-0.05, 0) is 171 Å². The first-order chi connectivity index (χ1) is 49.0. The van der Waals surface area contributed by atoms with Gasteiger partial charge in [-0.15, -0.1) is 0 Å². The van der Waals surface area contributed by atoms with Crippen LogP contribution in [-0.4, -0.2) is 106 Å². The molecule has 13 rings (SSSR count). The number of benzene rings is 6. The first kappa shape index (κ1) is 73.5. The van der Waals surface area contributed by atoms with Crippen LogP contribution in [0.3, 0.4) is 0 Å². The van der Waals surface area contributed by atoms with Crippen LogP contribution in [0.15, 0.2) is 256 Å². The Labute approximate surface area is 586 Å². The number of carbonyl (C=O) groups excluding carboxylic acids is 3. The fraction of sp³-hybridized carbons (Fsp3) is 0.175. The van der Waals surface area contributed by atoms with Gasteiger partial charge in [-0.25, -0.2) is 29.9 Å². The monoisotopic (exact) mass is 1330 g/mol. The summed E-state index contributed by atoms with van der Waals surface area (Å²) < 4.78 is 0. The predicted octanol–water partition coefficient (Wildman–Crippen LogP) is 17.0. The highest BCUT2D eigenvalue weighted by Gasteiger charge is 2.16. The van der Waals surface area contributed by atoms with Gasteiger partial charge in [0.25, 0.3) is 17.7 Å². The topological polar surface area (TPSA) is 246 Å². The number of anilines is 9. The number of aryl methyl sites for hydroxylation is 2. The number of amides is 3. The Morgan fingerprint density at radius 1 is 0.360 bits per heavy atom. The lowest BCUT2D eigenvalue weighted by Crippen LogP contribution is -2.43. The number of rotatable bonds is 17. The molecule has 20 nitrogen and oxygen atoms in total. The summed E-state index contributed by atoms with van der Waals surface area (Å²) in [5, 5.41) is 18.5. The van der Waals surface area contributed by atoms with E-state index in [0.29, 0.717) is 51.6 Å². The van der Waals surface area contributed by atoms with E-state index in [0.717, 1.165) is 94.7 Å². The third-order valence-electron chi connectivity index (χ3n) is 15.0. The first-order valence-corrected chi connectivity index (χ1v) is 33.4. The fourth-order valence-corrected chi connectivity index (χ4v) is 9.84. The van der Waals surface area contributed by atoms with Gasteiger partial charge < -0.3 is 36.8 Å².